The lowest BCUT2D eigenvalue weighted by atomic mass is 10.2. The van der Waals surface area contributed by atoms with E-state index in [0.717, 1.165) is 11.4 Å². The van der Waals surface area contributed by atoms with E-state index in [0.29, 0.717) is 5.69 Å². The van der Waals surface area contributed by atoms with Crippen LogP contribution in [0.3, 0.4) is 0 Å². The van der Waals surface area contributed by atoms with Crippen LogP contribution < -0.4 is 10.6 Å². The molecule has 1 aromatic rings. The van der Waals surface area contributed by atoms with E-state index in [2.05, 4.69) is 28.2 Å². The molecule has 0 aromatic carbocycles. The van der Waals surface area contributed by atoms with Gasteiger partial charge >= 0.3 is 0 Å². The van der Waals surface area contributed by atoms with Gasteiger partial charge in [-0.25, -0.2) is 0 Å². The molecule has 2 amide bonds. The number of rotatable bonds is 4. The minimum absolute atomic E-state index is 0.240. The number of hydrogen-bond donors (Lipinski definition) is 3. The monoisotopic (exact) mass is 267 g/mol. The van der Waals surface area contributed by atoms with Crippen LogP contribution in [-0.4, -0.2) is 28.6 Å². The Morgan fingerprint density at radius 2 is 2.06 bits per heavy atom. The highest BCUT2D eigenvalue weighted by Gasteiger charge is 2.18. The van der Waals surface area contributed by atoms with Crippen molar-refractivity contribution in [2.45, 2.75) is 26.8 Å². The standard InChI is InChI=1S/C12H17N3O2S/c1-7-4-5-10(8(2)13-7)15-12(17)11(6-18)14-9(3)16/h4-5,11,18H,6H2,1-3H3,(H,14,16)(H,15,17). The smallest absolute Gasteiger partial charge is 0.247 e. The molecule has 1 aromatic heterocycles. The van der Waals surface area contributed by atoms with Gasteiger partial charge in [0.2, 0.25) is 11.8 Å². The van der Waals surface area contributed by atoms with Crippen molar-refractivity contribution in [3.8, 4) is 0 Å². The predicted molar refractivity (Wildman–Crippen MR) is 73.8 cm³/mol. The van der Waals surface area contributed by atoms with Gasteiger partial charge in [-0.05, 0) is 26.0 Å². The second-order valence-corrected chi connectivity index (χ2v) is 4.38. The maximum absolute atomic E-state index is 11.9. The number of nitrogens with zero attached hydrogens (tertiary/aromatic N) is 1. The number of thiol groups is 1. The Morgan fingerprint density at radius 1 is 1.39 bits per heavy atom. The quantitative estimate of drug-likeness (QED) is 0.715. The number of amides is 2. The molecule has 18 heavy (non-hydrogen) atoms. The summed E-state index contributed by atoms with van der Waals surface area (Å²) in [6.45, 7) is 5.06. The first-order valence-electron chi connectivity index (χ1n) is 5.57. The number of aryl methyl sites for hydroxylation is 2. The molecule has 5 nitrogen and oxygen atoms in total. The van der Waals surface area contributed by atoms with Crippen molar-refractivity contribution in [1.82, 2.24) is 10.3 Å². The Bertz CT molecular complexity index is 463. The first kappa shape index (κ1) is 14.5. The van der Waals surface area contributed by atoms with E-state index in [1.807, 2.05) is 19.9 Å². The third-order valence-corrected chi connectivity index (χ3v) is 2.72. The Balaban J connectivity index is 2.76. The summed E-state index contributed by atoms with van der Waals surface area (Å²) in [5.41, 5.74) is 2.27. The van der Waals surface area contributed by atoms with Crippen molar-refractivity contribution in [3.05, 3.63) is 23.5 Å². The highest BCUT2D eigenvalue weighted by Crippen LogP contribution is 2.12. The molecule has 0 aliphatic carbocycles. The fourth-order valence-corrected chi connectivity index (χ4v) is 1.74. The van der Waals surface area contributed by atoms with Crippen LogP contribution in [0.4, 0.5) is 5.69 Å². The van der Waals surface area contributed by atoms with Gasteiger partial charge in [-0.2, -0.15) is 12.6 Å². The average molecular weight is 267 g/mol. The number of carbonyl (C=O) groups excluding carboxylic acids is 2. The fourth-order valence-electron chi connectivity index (χ4n) is 1.48. The molecule has 6 heteroatoms. The zero-order valence-electron chi connectivity index (χ0n) is 10.7. The Morgan fingerprint density at radius 3 is 2.56 bits per heavy atom. The molecule has 0 bridgehead atoms. The van der Waals surface area contributed by atoms with E-state index < -0.39 is 6.04 Å². The number of hydrogen-bond acceptors (Lipinski definition) is 4. The van der Waals surface area contributed by atoms with Gasteiger partial charge in [-0.1, -0.05) is 0 Å². The summed E-state index contributed by atoms with van der Waals surface area (Å²) >= 11 is 4.05. The van der Waals surface area contributed by atoms with Crippen LogP contribution in [-0.2, 0) is 9.59 Å². The van der Waals surface area contributed by atoms with Gasteiger partial charge in [0, 0.05) is 18.4 Å². The summed E-state index contributed by atoms with van der Waals surface area (Å²) in [7, 11) is 0. The Kier molecular flexibility index (Phi) is 5.15. The highest BCUT2D eigenvalue weighted by molar-refractivity contribution is 7.80. The maximum atomic E-state index is 11.9. The lowest BCUT2D eigenvalue weighted by Crippen LogP contribution is -2.44. The Hall–Kier alpha value is -1.56. The predicted octanol–water partition coefficient (Wildman–Crippen LogP) is 1.07. The van der Waals surface area contributed by atoms with Crippen LogP contribution in [0.15, 0.2) is 12.1 Å². The first-order valence-corrected chi connectivity index (χ1v) is 6.20. The summed E-state index contributed by atoms with van der Waals surface area (Å²) in [6.07, 6.45) is 0. The van der Waals surface area contributed by atoms with Crippen molar-refractivity contribution in [3.63, 3.8) is 0 Å². The van der Waals surface area contributed by atoms with Gasteiger partial charge < -0.3 is 10.6 Å². The van der Waals surface area contributed by atoms with Crippen LogP contribution in [0.5, 0.6) is 0 Å². The second-order valence-electron chi connectivity index (χ2n) is 4.01. The number of nitrogens with one attached hydrogen (secondary N) is 2. The van der Waals surface area contributed by atoms with Crippen molar-refractivity contribution < 1.29 is 9.59 Å². The number of carbonyl (C=O) groups is 2. The van der Waals surface area contributed by atoms with Crippen LogP contribution >= 0.6 is 12.6 Å². The third-order valence-electron chi connectivity index (χ3n) is 2.36. The van der Waals surface area contributed by atoms with E-state index in [-0.39, 0.29) is 17.6 Å². The summed E-state index contributed by atoms with van der Waals surface area (Å²) < 4.78 is 0. The topological polar surface area (TPSA) is 71.1 Å². The van der Waals surface area contributed by atoms with Crippen molar-refractivity contribution in [2.75, 3.05) is 11.1 Å². The minimum atomic E-state index is -0.647. The highest BCUT2D eigenvalue weighted by atomic mass is 32.1. The summed E-state index contributed by atoms with van der Waals surface area (Å²) in [5, 5.41) is 5.26. The van der Waals surface area contributed by atoms with Crippen LogP contribution in [0.25, 0.3) is 0 Å². The zero-order valence-corrected chi connectivity index (χ0v) is 11.5. The molecule has 0 fully saturated rings. The molecule has 0 spiro atoms. The van der Waals surface area contributed by atoms with Crippen molar-refractivity contribution >= 4 is 30.1 Å². The van der Waals surface area contributed by atoms with E-state index in [9.17, 15) is 9.59 Å². The average Bonchev–Trinajstić information content (AvgIpc) is 2.29. The fraction of sp³-hybridized carbons (Fsp3) is 0.417. The molecular weight excluding hydrogens is 250 g/mol. The van der Waals surface area contributed by atoms with E-state index in [1.165, 1.54) is 6.92 Å². The SMILES string of the molecule is CC(=O)NC(CS)C(=O)Nc1ccc(C)nc1C. The van der Waals surface area contributed by atoms with E-state index in [1.54, 1.807) is 6.07 Å². The normalized spacial score (nSPS) is 11.8. The van der Waals surface area contributed by atoms with Crippen molar-refractivity contribution in [2.24, 2.45) is 0 Å². The summed E-state index contributed by atoms with van der Waals surface area (Å²) in [4.78, 5) is 27.1. The van der Waals surface area contributed by atoms with E-state index in [4.69, 9.17) is 0 Å². The number of pyridine rings is 1. The zero-order chi connectivity index (χ0) is 13.7. The van der Waals surface area contributed by atoms with Gasteiger partial charge in [0.25, 0.3) is 0 Å². The van der Waals surface area contributed by atoms with Gasteiger partial charge in [0.15, 0.2) is 0 Å². The van der Waals surface area contributed by atoms with Crippen LogP contribution in [0.2, 0.25) is 0 Å². The first-order chi connectivity index (χ1) is 8.43. The lowest BCUT2D eigenvalue weighted by Gasteiger charge is -2.16. The lowest BCUT2D eigenvalue weighted by molar-refractivity contribution is -0.124. The Labute approximate surface area is 112 Å². The summed E-state index contributed by atoms with van der Waals surface area (Å²) in [6, 6.07) is 2.96. The number of aromatic nitrogens is 1. The molecule has 1 heterocycles. The van der Waals surface area contributed by atoms with Gasteiger partial charge in [0.05, 0.1) is 11.4 Å². The largest absolute Gasteiger partial charge is 0.344 e. The van der Waals surface area contributed by atoms with Crippen molar-refractivity contribution in [1.29, 1.82) is 0 Å². The van der Waals surface area contributed by atoms with Crippen LogP contribution in [0, 0.1) is 13.8 Å². The van der Waals surface area contributed by atoms with Gasteiger partial charge in [-0.15, -0.1) is 0 Å². The molecule has 0 aliphatic rings. The molecule has 1 rings (SSSR count). The molecule has 98 valence electrons. The third kappa shape index (κ3) is 4.03. The van der Waals surface area contributed by atoms with E-state index >= 15 is 0 Å². The number of anilines is 1. The molecular formula is C12H17N3O2S. The molecule has 0 saturated carbocycles. The minimum Gasteiger partial charge on any atom is -0.344 e. The van der Waals surface area contributed by atoms with Gasteiger partial charge in [0.1, 0.15) is 6.04 Å². The summed E-state index contributed by atoms with van der Waals surface area (Å²) in [5.74, 6) is -0.319. The molecule has 0 saturated heterocycles. The van der Waals surface area contributed by atoms with Gasteiger partial charge in [-0.3, -0.25) is 14.6 Å². The molecule has 2 N–H and O–H groups in total. The second kappa shape index (κ2) is 6.39. The maximum Gasteiger partial charge on any atom is 0.247 e. The molecule has 1 atom stereocenters. The molecule has 0 aliphatic heterocycles. The molecule has 0 radical (unpaired) electrons. The van der Waals surface area contributed by atoms with Crippen LogP contribution in [0.1, 0.15) is 18.3 Å². The molecule has 1 unspecified atom stereocenters.